The highest BCUT2D eigenvalue weighted by Gasteiger charge is 2.34. The molecule has 0 saturated heterocycles. The monoisotopic (exact) mass is 527 g/mol. The van der Waals surface area contributed by atoms with Crippen molar-refractivity contribution in [2.24, 2.45) is 0 Å². The van der Waals surface area contributed by atoms with E-state index >= 15 is 0 Å². The Morgan fingerprint density at radius 1 is 0.919 bits per heavy atom. The minimum absolute atomic E-state index is 0.0112. The molecule has 4 rings (SSSR count). The summed E-state index contributed by atoms with van der Waals surface area (Å²) in [7, 11) is 3.62. The molecule has 1 aromatic heterocycles. The third-order valence-electron chi connectivity index (χ3n) is 5.09. The molecular formula is C26H21ClF3N5O2. The molecular weight excluding hydrogens is 507 g/mol. The molecule has 4 aromatic rings. The molecule has 0 radical (unpaired) electrons. The van der Waals surface area contributed by atoms with Gasteiger partial charge in [-0.05, 0) is 59.7 Å². The summed E-state index contributed by atoms with van der Waals surface area (Å²) in [5, 5.41) is 5.44. The van der Waals surface area contributed by atoms with Crippen molar-refractivity contribution < 1.29 is 22.7 Å². The maximum atomic E-state index is 13.8. The number of anilines is 3. The molecule has 0 unspecified atom stereocenters. The second kappa shape index (κ2) is 10.8. The van der Waals surface area contributed by atoms with E-state index in [-0.39, 0.29) is 11.3 Å². The molecule has 7 nitrogen and oxygen atoms in total. The Morgan fingerprint density at radius 2 is 1.57 bits per heavy atom. The van der Waals surface area contributed by atoms with Crippen LogP contribution >= 0.6 is 11.6 Å². The zero-order valence-electron chi connectivity index (χ0n) is 19.7. The molecule has 0 bridgehead atoms. The maximum absolute atomic E-state index is 13.8. The summed E-state index contributed by atoms with van der Waals surface area (Å²) in [6.45, 7) is 0. The van der Waals surface area contributed by atoms with Gasteiger partial charge in [0.25, 0.3) is 0 Å². The molecule has 0 aliphatic rings. The number of aromatic nitrogens is 2. The number of alkyl halides is 3. The standard InChI is InChI=1S/C26H21ClF3N5O2/c1-35(2)24-31-14-13-23(34-24)37-20-10-7-18(8-11-20)32-25(36)33-19-9-12-21(22(15-19)26(28,29)30)16-3-5-17(27)6-4-16/h3-15H,1-2H3,(H2,32,33,36). The molecule has 2 amide bonds. The Balaban J connectivity index is 1.43. The first-order valence-corrected chi connectivity index (χ1v) is 11.3. The van der Waals surface area contributed by atoms with Crippen LogP contribution in [0.2, 0.25) is 5.02 Å². The average Bonchev–Trinajstić information content (AvgIpc) is 2.85. The molecule has 0 aliphatic carbocycles. The van der Waals surface area contributed by atoms with E-state index in [1.54, 1.807) is 41.4 Å². The number of urea groups is 1. The molecule has 0 fully saturated rings. The molecule has 2 N–H and O–H groups in total. The number of carbonyl (C=O) groups excluding carboxylic acids is 1. The molecule has 0 atom stereocenters. The fourth-order valence-electron chi connectivity index (χ4n) is 3.36. The number of hydrogen-bond acceptors (Lipinski definition) is 5. The average molecular weight is 528 g/mol. The second-order valence-corrected chi connectivity index (χ2v) is 8.50. The van der Waals surface area contributed by atoms with Crippen molar-refractivity contribution in [1.82, 2.24) is 9.97 Å². The quantitative estimate of drug-likeness (QED) is 0.275. The molecule has 0 aliphatic heterocycles. The minimum Gasteiger partial charge on any atom is -0.439 e. The summed E-state index contributed by atoms with van der Waals surface area (Å²) in [5.74, 6) is 1.31. The first kappa shape index (κ1) is 25.8. The molecule has 37 heavy (non-hydrogen) atoms. The van der Waals surface area contributed by atoms with Crippen LogP contribution in [-0.4, -0.2) is 30.1 Å². The van der Waals surface area contributed by atoms with Crippen LogP contribution in [0.1, 0.15) is 5.56 Å². The number of benzene rings is 3. The predicted octanol–water partition coefficient (Wildman–Crippen LogP) is 7.32. The smallest absolute Gasteiger partial charge is 0.417 e. The number of nitrogens with zero attached hydrogens (tertiary/aromatic N) is 3. The van der Waals surface area contributed by atoms with E-state index in [2.05, 4.69) is 20.6 Å². The zero-order valence-corrected chi connectivity index (χ0v) is 20.4. The Bertz CT molecular complexity index is 1390. The highest BCUT2D eigenvalue weighted by Crippen LogP contribution is 2.39. The van der Waals surface area contributed by atoms with Crippen LogP contribution < -0.4 is 20.3 Å². The maximum Gasteiger partial charge on any atom is 0.417 e. The second-order valence-electron chi connectivity index (χ2n) is 8.06. The summed E-state index contributed by atoms with van der Waals surface area (Å²) >= 11 is 5.85. The molecule has 11 heteroatoms. The molecule has 0 spiro atoms. The van der Waals surface area contributed by atoms with Crippen molar-refractivity contribution in [2.45, 2.75) is 6.18 Å². The molecule has 1 heterocycles. The highest BCUT2D eigenvalue weighted by molar-refractivity contribution is 6.30. The molecule has 190 valence electrons. The number of hydrogen-bond donors (Lipinski definition) is 2. The number of halogens is 4. The number of ether oxygens (including phenoxy) is 1. The summed E-state index contributed by atoms with van der Waals surface area (Å²) in [4.78, 5) is 22.6. The van der Waals surface area contributed by atoms with Gasteiger partial charge in [0, 0.05) is 42.8 Å². The van der Waals surface area contributed by atoms with Crippen molar-refractivity contribution >= 4 is 35.0 Å². The lowest BCUT2D eigenvalue weighted by Gasteiger charge is -2.16. The van der Waals surface area contributed by atoms with Crippen LogP contribution in [0, 0.1) is 0 Å². The van der Waals surface area contributed by atoms with Gasteiger partial charge in [0.05, 0.1) is 5.56 Å². The number of nitrogens with one attached hydrogen (secondary N) is 2. The zero-order chi connectivity index (χ0) is 26.6. The minimum atomic E-state index is -4.63. The fraction of sp³-hybridized carbons (Fsp3) is 0.115. The summed E-state index contributed by atoms with van der Waals surface area (Å²) in [5.41, 5.74) is -0.142. The summed E-state index contributed by atoms with van der Waals surface area (Å²) in [6, 6.07) is 17.0. The summed E-state index contributed by atoms with van der Waals surface area (Å²) in [6.07, 6.45) is -3.06. The lowest BCUT2D eigenvalue weighted by molar-refractivity contribution is -0.137. The Morgan fingerprint density at radius 3 is 2.22 bits per heavy atom. The number of rotatable bonds is 6. The van der Waals surface area contributed by atoms with Gasteiger partial charge in [-0.15, -0.1) is 0 Å². The third-order valence-corrected chi connectivity index (χ3v) is 5.34. The van der Waals surface area contributed by atoms with E-state index in [1.165, 1.54) is 36.4 Å². The van der Waals surface area contributed by atoms with Gasteiger partial charge in [-0.3, -0.25) is 0 Å². The van der Waals surface area contributed by atoms with Gasteiger partial charge in [-0.25, -0.2) is 9.78 Å². The van der Waals surface area contributed by atoms with Gasteiger partial charge in [0.2, 0.25) is 11.8 Å². The van der Waals surface area contributed by atoms with Crippen LogP contribution in [0.15, 0.2) is 79.0 Å². The largest absolute Gasteiger partial charge is 0.439 e. The van der Waals surface area contributed by atoms with Crippen molar-refractivity contribution in [1.29, 1.82) is 0 Å². The van der Waals surface area contributed by atoms with Crippen LogP contribution in [0.5, 0.6) is 11.6 Å². The summed E-state index contributed by atoms with van der Waals surface area (Å²) < 4.78 is 47.0. The lowest BCUT2D eigenvalue weighted by atomic mass is 9.98. The van der Waals surface area contributed by atoms with Crippen molar-refractivity contribution in [3.8, 4) is 22.8 Å². The first-order valence-electron chi connectivity index (χ1n) is 10.9. The Labute approximate surface area is 215 Å². The van der Waals surface area contributed by atoms with Crippen molar-refractivity contribution in [3.63, 3.8) is 0 Å². The third kappa shape index (κ3) is 6.68. The topological polar surface area (TPSA) is 79.4 Å². The van der Waals surface area contributed by atoms with E-state index in [4.69, 9.17) is 16.3 Å². The van der Waals surface area contributed by atoms with E-state index in [0.717, 1.165) is 6.07 Å². The van der Waals surface area contributed by atoms with Gasteiger partial charge >= 0.3 is 12.2 Å². The molecule has 0 saturated carbocycles. The number of amides is 2. The van der Waals surface area contributed by atoms with Crippen molar-refractivity contribution in [3.05, 3.63) is 89.6 Å². The Hall–Kier alpha value is -4.31. The SMILES string of the molecule is CN(C)c1nccc(Oc2ccc(NC(=O)Nc3ccc(-c4ccc(Cl)cc4)c(C(F)(F)F)c3)cc2)n1. The lowest BCUT2D eigenvalue weighted by Crippen LogP contribution is -2.20. The fourth-order valence-corrected chi connectivity index (χ4v) is 3.49. The number of carbonyl (C=O) groups is 1. The van der Waals surface area contributed by atoms with Crippen molar-refractivity contribution in [2.75, 3.05) is 29.6 Å². The Kier molecular flexibility index (Phi) is 7.49. The predicted molar refractivity (Wildman–Crippen MR) is 137 cm³/mol. The van der Waals surface area contributed by atoms with Crippen LogP contribution in [0.3, 0.4) is 0 Å². The van der Waals surface area contributed by atoms with E-state index < -0.39 is 17.8 Å². The van der Waals surface area contributed by atoms with Crippen LogP contribution in [0.25, 0.3) is 11.1 Å². The molecule has 3 aromatic carbocycles. The van der Waals surface area contributed by atoms with E-state index in [1.807, 2.05) is 14.1 Å². The first-order chi connectivity index (χ1) is 17.6. The van der Waals surface area contributed by atoms with Gasteiger partial charge in [-0.1, -0.05) is 29.8 Å². The normalized spacial score (nSPS) is 11.1. The van der Waals surface area contributed by atoms with E-state index in [9.17, 15) is 18.0 Å². The van der Waals surface area contributed by atoms with E-state index in [0.29, 0.717) is 33.9 Å². The van der Waals surface area contributed by atoms with Gasteiger partial charge in [0.1, 0.15) is 5.75 Å². The van der Waals surface area contributed by atoms with Gasteiger partial charge in [0.15, 0.2) is 0 Å². The highest BCUT2D eigenvalue weighted by atomic mass is 35.5. The van der Waals surface area contributed by atoms with Crippen LogP contribution in [0.4, 0.5) is 35.3 Å². The van der Waals surface area contributed by atoms with Crippen LogP contribution in [-0.2, 0) is 6.18 Å². The van der Waals surface area contributed by atoms with Gasteiger partial charge in [-0.2, -0.15) is 18.2 Å². The van der Waals surface area contributed by atoms with Gasteiger partial charge < -0.3 is 20.3 Å².